The quantitative estimate of drug-likeness (QED) is 0.784. The van der Waals surface area contributed by atoms with Crippen LogP contribution in [0, 0.1) is 0 Å². The van der Waals surface area contributed by atoms with E-state index in [1.807, 2.05) is 6.92 Å². The van der Waals surface area contributed by atoms with E-state index in [0.29, 0.717) is 12.5 Å². The average molecular weight is 277 g/mol. The predicted octanol–water partition coefficient (Wildman–Crippen LogP) is 3.84. The molecule has 1 aromatic rings. The molecule has 0 atom stereocenters. The summed E-state index contributed by atoms with van der Waals surface area (Å²) in [5.41, 5.74) is 0.834. The summed E-state index contributed by atoms with van der Waals surface area (Å²) in [6.45, 7) is 10.00. The lowest BCUT2D eigenvalue weighted by atomic mass is 9.95. The van der Waals surface area contributed by atoms with Crippen molar-refractivity contribution < 1.29 is 4.74 Å². The van der Waals surface area contributed by atoms with Gasteiger partial charge in [0.2, 0.25) is 0 Å². The van der Waals surface area contributed by atoms with Crippen molar-refractivity contribution in [2.75, 3.05) is 18.5 Å². The molecule has 1 aromatic heterocycles. The highest BCUT2D eigenvalue weighted by atomic mass is 16.5. The van der Waals surface area contributed by atoms with Gasteiger partial charge in [0, 0.05) is 30.8 Å². The van der Waals surface area contributed by atoms with Crippen LogP contribution in [-0.2, 0) is 10.3 Å². The molecule has 0 radical (unpaired) electrons. The van der Waals surface area contributed by atoms with Crippen LogP contribution < -0.4 is 5.32 Å². The molecule has 4 heteroatoms. The zero-order chi connectivity index (χ0) is 14.6. The van der Waals surface area contributed by atoms with Crippen molar-refractivity contribution in [3.05, 3.63) is 17.6 Å². The Morgan fingerprint density at radius 3 is 2.40 bits per heavy atom. The van der Waals surface area contributed by atoms with E-state index in [1.165, 1.54) is 18.5 Å². The maximum Gasteiger partial charge on any atom is 0.162 e. The van der Waals surface area contributed by atoms with Gasteiger partial charge in [-0.05, 0) is 39.5 Å². The van der Waals surface area contributed by atoms with E-state index in [2.05, 4.69) is 32.2 Å². The van der Waals surface area contributed by atoms with Crippen LogP contribution in [0.2, 0.25) is 0 Å². The third-order valence-electron chi connectivity index (χ3n) is 4.07. The Bertz CT molecular complexity index is 439. The van der Waals surface area contributed by atoms with Crippen molar-refractivity contribution in [2.45, 2.75) is 64.9 Å². The molecule has 20 heavy (non-hydrogen) atoms. The number of ether oxygens (including phenoxy) is 1. The smallest absolute Gasteiger partial charge is 0.162 e. The van der Waals surface area contributed by atoms with Gasteiger partial charge in [0.05, 0.1) is 0 Å². The monoisotopic (exact) mass is 277 g/mol. The van der Waals surface area contributed by atoms with Crippen LogP contribution in [0.15, 0.2) is 6.07 Å². The first-order valence-corrected chi connectivity index (χ1v) is 7.96. The molecule has 1 fully saturated rings. The second-order valence-electron chi connectivity index (χ2n) is 5.44. The van der Waals surface area contributed by atoms with Crippen molar-refractivity contribution in [1.82, 2.24) is 9.97 Å². The first kappa shape index (κ1) is 15.2. The highest BCUT2D eigenvalue weighted by molar-refractivity contribution is 5.38. The number of rotatable bonds is 8. The van der Waals surface area contributed by atoms with Gasteiger partial charge >= 0.3 is 0 Å². The van der Waals surface area contributed by atoms with E-state index in [1.54, 1.807) is 0 Å². The summed E-state index contributed by atoms with van der Waals surface area (Å²) in [7, 11) is 0. The number of hydrogen-bond acceptors (Lipinski definition) is 4. The van der Waals surface area contributed by atoms with Gasteiger partial charge in [-0.2, -0.15) is 0 Å². The van der Waals surface area contributed by atoms with E-state index in [9.17, 15) is 0 Å². The topological polar surface area (TPSA) is 47.0 Å². The van der Waals surface area contributed by atoms with Crippen molar-refractivity contribution in [1.29, 1.82) is 0 Å². The Kier molecular flexibility index (Phi) is 4.97. The van der Waals surface area contributed by atoms with Crippen LogP contribution >= 0.6 is 0 Å². The summed E-state index contributed by atoms with van der Waals surface area (Å²) in [4.78, 5) is 9.55. The molecular formula is C16H27N3O. The summed E-state index contributed by atoms with van der Waals surface area (Å²) >= 11 is 0. The predicted molar refractivity (Wildman–Crippen MR) is 82.1 cm³/mol. The molecule has 112 valence electrons. The molecule has 0 spiro atoms. The minimum Gasteiger partial charge on any atom is -0.370 e. The van der Waals surface area contributed by atoms with Gasteiger partial charge in [-0.3, -0.25) is 0 Å². The van der Waals surface area contributed by atoms with E-state index in [0.717, 1.165) is 31.0 Å². The third kappa shape index (κ3) is 3.11. The largest absolute Gasteiger partial charge is 0.370 e. The van der Waals surface area contributed by atoms with Crippen molar-refractivity contribution >= 4 is 5.82 Å². The highest BCUT2D eigenvalue weighted by Gasteiger charge is 2.35. The fourth-order valence-corrected chi connectivity index (χ4v) is 2.64. The molecule has 4 nitrogen and oxygen atoms in total. The maximum atomic E-state index is 6.05. The molecule has 1 saturated carbocycles. The van der Waals surface area contributed by atoms with Gasteiger partial charge in [0.1, 0.15) is 11.4 Å². The van der Waals surface area contributed by atoms with Gasteiger partial charge in [0.15, 0.2) is 5.82 Å². The number of hydrogen-bond donors (Lipinski definition) is 1. The third-order valence-corrected chi connectivity index (χ3v) is 4.07. The Hall–Kier alpha value is -1.16. The first-order chi connectivity index (χ1) is 9.69. The van der Waals surface area contributed by atoms with Crippen LogP contribution in [0.25, 0.3) is 0 Å². The van der Waals surface area contributed by atoms with Crippen LogP contribution in [0.1, 0.15) is 70.8 Å². The second-order valence-corrected chi connectivity index (χ2v) is 5.44. The second kappa shape index (κ2) is 6.53. The Morgan fingerprint density at radius 1 is 1.20 bits per heavy atom. The molecule has 2 rings (SSSR count). The summed E-state index contributed by atoms with van der Waals surface area (Å²) in [6.07, 6.45) is 4.30. The van der Waals surface area contributed by atoms with E-state index in [-0.39, 0.29) is 5.60 Å². The molecular weight excluding hydrogens is 250 g/mol. The molecule has 0 unspecified atom stereocenters. The molecule has 0 amide bonds. The first-order valence-electron chi connectivity index (χ1n) is 7.96. The van der Waals surface area contributed by atoms with E-state index >= 15 is 0 Å². The molecule has 1 N–H and O–H groups in total. The van der Waals surface area contributed by atoms with E-state index < -0.39 is 0 Å². The lowest BCUT2D eigenvalue weighted by Gasteiger charge is -2.30. The van der Waals surface area contributed by atoms with Gasteiger partial charge < -0.3 is 10.1 Å². The minimum atomic E-state index is -0.343. The van der Waals surface area contributed by atoms with Gasteiger partial charge in [-0.25, -0.2) is 9.97 Å². The highest BCUT2D eigenvalue weighted by Crippen LogP contribution is 2.41. The Morgan fingerprint density at radius 2 is 1.90 bits per heavy atom. The zero-order valence-corrected chi connectivity index (χ0v) is 13.2. The fraction of sp³-hybridized carbons (Fsp3) is 0.750. The molecule has 1 heterocycles. The SMILES string of the molecule is CCNc1cc(C2CC2)nc(C(CC)(CC)OCC)n1. The van der Waals surface area contributed by atoms with Gasteiger partial charge in [-0.15, -0.1) is 0 Å². The Labute approximate surface area is 122 Å². The van der Waals surface area contributed by atoms with Crippen LogP contribution in [0.3, 0.4) is 0 Å². The minimum absolute atomic E-state index is 0.343. The van der Waals surface area contributed by atoms with Crippen molar-refractivity contribution in [3.8, 4) is 0 Å². The maximum absolute atomic E-state index is 6.05. The van der Waals surface area contributed by atoms with Crippen LogP contribution in [0.4, 0.5) is 5.82 Å². The van der Waals surface area contributed by atoms with Gasteiger partial charge in [-0.1, -0.05) is 13.8 Å². The number of anilines is 1. The lowest BCUT2D eigenvalue weighted by Crippen LogP contribution is -2.31. The van der Waals surface area contributed by atoms with Crippen molar-refractivity contribution in [2.24, 2.45) is 0 Å². The molecule has 0 bridgehead atoms. The van der Waals surface area contributed by atoms with Crippen molar-refractivity contribution in [3.63, 3.8) is 0 Å². The molecule has 1 aliphatic rings. The molecule has 1 aliphatic carbocycles. The van der Waals surface area contributed by atoms with Gasteiger partial charge in [0.25, 0.3) is 0 Å². The summed E-state index contributed by atoms with van der Waals surface area (Å²) < 4.78 is 6.05. The average Bonchev–Trinajstić information content (AvgIpc) is 3.29. The molecule has 0 saturated heterocycles. The molecule has 0 aromatic carbocycles. The summed E-state index contributed by atoms with van der Waals surface area (Å²) in [5, 5.41) is 3.33. The Balaban J connectivity index is 2.41. The lowest BCUT2D eigenvalue weighted by molar-refractivity contribution is -0.0572. The number of nitrogens with one attached hydrogen (secondary N) is 1. The van der Waals surface area contributed by atoms with E-state index in [4.69, 9.17) is 14.7 Å². The fourth-order valence-electron chi connectivity index (χ4n) is 2.64. The molecule has 0 aliphatic heterocycles. The summed E-state index contributed by atoms with van der Waals surface area (Å²) in [5.74, 6) is 2.41. The van der Waals surface area contributed by atoms with Crippen LogP contribution in [0.5, 0.6) is 0 Å². The number of aromatic nitrogens is 2. The van der Waals surface area contributed by atoms with Crippen LogP contribution in [-0.4, -0.2) is 23.1 Å². The normalized spacial score (nSPS) is 15.4. The zero-order valence-electron chi connectivity index (χ0n) is 13.2. The standard InChI is InChI=1S/C16H27N3O/c1-5-16(6-2,20-8-4)15-18-13(12-9-10-12)11-14(19-15)17-7-3/h11-12H,5-10H2,1-4H3,(H,17,18,19). The summed E-state index contributed by atoms with van der Waals surface area (Å²) in [6, 6.07) is 2.10. The number of nitrogens with zero attached hydrogens (tertiary/aromatic N) is 2.